The average Bonchev–Trinajstić information content (AvgIpc) is 2.97. The second kappa shape index (κ2) is 5.69. The molecule has 0 aliphatic carbocycles. The van der Waals surface area contributed by atoms with E-state index in [2.05, 4.69) is 35.9 Å². The second-order valence-corrected chi connectivity index (χ2v) is 6.13. The van der Waals surface area contributed by atoms with Gasteiger partial charge < -0.3 is 5.73 Å². The molecule has 2 nitrogen and oxygen atoms in total. The summed E-state index contributed by atoms with van der Waals surface area (Å²) < 4.78 is 0. The average molecular weight is 298 g/mol. The quantitative estimate of drug-likeness (QED) is 0.558. The fourth-order valence-corrected chi connectivity index (χ4v) is 3.21. The number of aromatic nitrogens is 1. The fourth-order valence-electron chi connectivity index (χ4n) is 1.97. The Balaban J connectivity index is 1.93. The Morgan fingerprint density at radius 2 is 1.85 bits per heavy atom. The van der Waals surface area contributed by atoms with Crippen LogP contribution in [0, 0.1) is 0 Å². The maximum atomic E-state index is 5.82. The Morgan fingerprint density at radius 1 is 1.05 bits per heavy atom. The Morgan fingerprint density at radius 3 is 2.55 bits per heavy atom. The number of rotatable bonds is 3. The standard InChI is InChI=1S/C16H14N2S2/c1-19-14-7-5-11(6-8-14)15-10-20-16(18-15)12-3-2-4-13(17)9-12/h2-10H,17H2,1H3. The third-order valence-corrected chi connectivity index (χ3v) is 4.66. The highest BCUT2D eigenvalue weighted by Crippen LogP contribution is 2.30. The van der Waals surface area contributed by atoms with Crippen LogP contribution in [0.3, 0.4) is 0 Å². The van der Waals surface area contributed by atoms with Crippen LogP contribution in [0.2, 0.25) is 0 Å². The molecule has 3 rings (SSSR count). The molecule has 2 N–H and O–H groups in total. The van der Waals surface area contributed by atoms with E-state index in [4.69, 9.17) is 10.7 Å². The summed E-state index contributed by atoms with van der Waals surface area (Å²) in [4.78, 5) is 5.97. The summed E-state index contributed by atoms with van der Waals surface area (Å²) in [6.07, 6.45) is 2.08. The van der Waals surface area contributed by atoms with Gasteiger partial charge >= 0.3 is 0 Å². The molecule has 0 aliphatic heterocycles. The van der Waals surface area contributed by atoms with Crippen LogP contribution in [-0.2, 0) is 0 Å². The Kier molecular flexibility index (Phi) is 3.76. The lowest BCUT2D eigenvalue weighted by atomic mass is 10.2. The van der Waals surface area contributed by atoms with Crippen LogP contribution in [0.15, 0.2) is 58.8 Å². The molecule has 0 bridgehead atoms. The first-order valence-electron chi connectivity index (χ1n) is 6.22. The normalized spacial score (nSPS) is 10.7. The summed E-state index contributed by atoms with van der Waals surface area (Å²) in [5.74, 6) is 0. The molecule has 2 aromatic carbocycles. The summed E-state index contributed by atoms with van der Waals surface area (Å²) in [6.45, 7) is 0. The molecule has 1 heterocycles. The second-order valence-electron chi connectivity index (χ2n) is 4.39. The first kappa shape index (κ1) is 13.2. The summed E-state index contributed by atoms with van der Waals surface area (Å²) in [6, 6.07) is 16.3. The van der Waals surface area contributed by atoms with Gasteiger partial charge in [0.05, 0.1) is 5.69 Å². The first-order chi connectivity index (χ1) is 9.76. The number of thioether (sulfide) groups is 1. The number of hydrogen-bond acceptors (Lipinski definition) is 4. The molecule has 3 aromatic rings. The smallest absolute Gasteiger partial charge is 0.124 e. The van der Waals surface area contributed by atoms with Crippen molar-refractivity contribution < 1.29 is 0 Å². The first-order valence-corrected chi connectivity index (χ1v) is 8.32. The van der Waals surface area contributed by atoms with Gasteiger partial charge in [-0.1, -0.05) is 24.3 Å². The van der Waals surface area contributed by atoms with E-state index in [1.165, 1.54) is 4.90 Å². The van der Waals surface area contributed by atoms with Crippen molar-refractivity contribution in [3.8, 4) is 21.8 Å². The summed E-state index contributed by atoms with van der Waals surface area (Å²) in [5.41, 5.74) is 9.82. The fraction of sp³-hybridized carbons (Fsp3) is 0.0625. The van der Waals surface area contributed by atoms with Gasteiger partial charge in [-0.25, -0.2) is 4.98 Å². The van der Waals surface area contributed by atoms with Crippen molar-refractivity contribution >= 4 is 28.8 Å². The minimum Gasteiger partial charge on any atom is -0.399 e. The van der Waals surface area contributed by atoms with Gasteiger partial charge in [0.15, 0.2) is 0 Å². The van der Waals surface area contributed by atoms with Crippen molar-refractivity contribution in [3.05, 3.63) is 53.9 Å². The van der Waals surface area contributed by atoms with Gasteiger partial charge in [-0.15, -0.1) is 23.1 Å². The van der Waals surface area contributed by atoms with Crippen molar-refractivity contribution in [3.63, 3.8) is 0 Å². The molecule has 0 unspecified atom stereocenters. The lowest BCUT2D eigenvalue weighted by Crippen LogP contribution is -1.85. The van der Waals surface area contributed by atoms with Gasteiger partial charge in [-0.05, 0) is 30.5 Å². The van der Waals surface area contributed by atoms with Gasteiger partial charge in [0.1, 0.15) is 5.01 Å². The van der Waals surface area contributed by atoms with Crippen LogP contribution in [0.4, 0.5) is 5.69 Å². The molecule has 0 saturated carbocycles. The van der Waals surface area contributed by atoms with E-state index in [9.17, 15) is 0 Å². The molecule has 0 atom stereocenters. The van der Waals surface area contributed by atoms with Crippen LogP contribution < -0.4 is 5.73 Å². The summed E-state index contributed by atoms with van der Waals surface area (Å²) in [7, 11) is 0. The van der Waals surface area contributed by atoms with Crippen LogP contribution in [0.25, 0.3) is 21.8 Å². The van der Waals surface area contributed by atoms with E-state index < -0.39 is 0 Å². The van der Waals surface area contributed by atoms with Gasteiger partial charge in [-0.3, -0.25) is 0 Å². The molecule has 0 radical (unpaired) electrons. The van der Waals surface area contributed by atoms with E-state index in [0.717, 1.165) is 27.5 Å². The number of hydrogen-bond donors (Lipinski definition) is 1. The Labute approximate surface area is 126 Å². The highest BCUT2D eigenvalue weighted by atomic mass is 32.2. The number of thiazole rings is 1. The van der Waals surface area contributed by atoms with Gasteiger partial charge in [0.2, 0.25) is 0 Å². The Bertz CT molecular complexity index is 717. The molecule has 0 aliphatic rings. The number of anilines is 1. The van der Waals surface area contributed by atoms with Crippen LogP contribution >= 0.6 is 23.1 Å². The maximum absolute atomic E-state index is 5.82. The summed E-state index contributed by atoms with van der Waals surface area (Å²) >= 11 is 3.39. The topological polar surface area (TPSA) is 38.9 Å². The molecule has 100 valence electrons. The van der Waals surface area contributed by atoms with E-state index >= 15 is 0 Å². The largest absolute Gasteiger partial charge is 0.399 e. The molecule has 0 saturated heterocycles. The van der Waals surface area contributed by atoms with Crippen molar-refractivity contribution in [2.45, 2.75) is 4.90 Å². The third kappa shape index (κ3) is 2.71. The molecular formula is C16H14N2S2. The van der Waals surface area contributed by atoms with Crippen molar-refractivity contribution in [1.82, 2.24) is 4.98 Å². The maximum Gasteiger partial charge on any atom is 0.124 e. The zero-order valence-electron chi connectivity index (χ0n) is 11.0. The van der Waals surface area contributed by atoms with Crippen molar-refractivity contribution in [1.29, 1.82) is 0 Å². The minimum absolute atomic E-state index is 0.767. The van der Waals surface area contributed by atoms with E-state index in [1.54, 1.807) is 23.1 Å². The monoisotopic (exact) mass is 298 g/mol. The predicted molar refractivity (Wildman–Crippen MR) is 89.2 cm³/mol. The molecule has 0 amide bonds. The van der Waals surface area contributed by atoms with Gasteiger partial charge in [-0.2, -0.15) is 0 Å². The highest BCUT2D eigenvalue weighted by molar-refractivity contribution is 7.98. The minimum atomic E-state index is 0.767. The molecular weight excluding hydrogens is 284 g/mol. The van der Waals surface area contributed by atoms with Crippen LogP contribution in [0.1, 0.15) is 0 Å². The zero-order chi connectivity index (χ0) is 13.9. The van der Waals surface area contributed by atoms with Crippen molar-refractivity contribution in [2.75, 3.05) is 12.0 Å². The number of benzene rings is 2. The van der Waals surface area contributed by atoms with Crippen LogP contribution in [0.5, 0.6) is 0 Å². The number of nitrogens with zero attached hydrogens (tertiary/aromatic N) is 1. The molecule has 4 heteroatoms. The molecule has 0 spiro atoms. The SMILES string of the molecule is CSc1ccc(-c2csc(-c3cccc(N)c3)n2)cc1. The summed E-state index contributed by atoms with van der Waals surface area (Å²) in [5, 5.41) is 3.09. The predicted octanol–water partition coefficient (Wildman–Crippen LogP) is 4.78. The van der Waals surface area contributed by atoms with Gasteiger partial charge in [0, 0.05) is 27.1 Å². The Hall–Kier alpha value is -1.78. The molecule has 0 fully saturated rings. The third-order valence-electron chi connectivity index (χ3n) is 3.02. The van der Waals surface area contributed by atoms with E-state index in [1.807, 2.05) is 24.3 Å². The van der Waals surface area contributed by atoms with Gasteiger partial charge in [0.25, 0.3) is 0 Å². The zero-order valence-corrected chi connectivity index (χ0v) is 12.7. The van der Waals surface area contributed by atoms with Crippen molar-refractivity contribution in [2.24, 2.45) is 0 Å². The molecule has 20 heavy (non-hydrogen) atoms. The lowest BCUT2D eigenvalue weighted by Gasteiger charge is -1.99. The highest BCUT2D eigenvalue weighted by Gasteiger charge is 2.06. The number of nitrogen functional groups attached to an aromatic ring is 1. The van der Waals surface area contributed by atoms with Crippen LogP contribution in [-0.4, -0.2) is 11.2 Å². The number of nitrogens with two attached hydrogens (primary N) is 1. The van der Waals surface area contributed by atoms with E-state index in [0.29, 0.717) is 0 Å². The molecule has 1 aromatic heterocycles. The lowest BCUT2D eigenvalue weighted by molar-refractivity contribution is 1.38. The van der Waals surface area contributed by atoms with E-state index in [-0.39, 0.29) is 0 Å².